The van der Waals surface area contributed by atoms with E-state index in [1.165, 1.54) is 12.1 Å². The topological polar surface area (TPSA) is 158 Å². The van der Waals surface area contributed by atoms with Crippen LogP contribution in [0.2, 0.25) is 0 Å². The maximum absolute atomic E-state index is 13.1. The molecule has 0 radical (unpaired) electrons. The van der Waals surface area contributed by atoms with Crippen molar-refractivity contribution in [2.45, 2.75) is 30.7 Å². The van der Waals surface area contributed by atoms with Crippen LogP contribution in [0.3, 0.4) is 0 Å². The van der Waals surface area contributed by atoms with Gasteiger partial charge in [-0.25, -0.2) is 4.39 Å². The number of aromatic nitrogens is 1. The maximum Gasteiger partial charge on any atom is 0.303 e. The maximum atomic E-state index is 13.1. The number of benzene rings is 5. The number of primary amides is 2. The van der Waals surface area contributed by atoms with Crippen molar-refractivity contribution in [1.29, 1.82) is 0 Å². The number of hydrogen-bond acceptors (Lipinski definition) is 4. The summed E-state index contributed by atoms with van der Waals surface area (Å²) in [5.74, 6) is -2.49. The van der Waals surface area contributed by atoms with Crippen LogP contribution in [0.15, 0.2) is 146 Å². The first-order valence-corrected chi connectivity index (χ1v) is 16.5. The summed E-state index contributed by atoms with van der Waals surface area (Å²) in [6, 6.07) is 43.2. The van der Waals surface area contributed by atoms with Gasteiger partial charge >= 0.3 is 5.97 Å². The summed E-state index contributed by atoms with van der Waals surface area (Å²) in [6.45, 7) is 0. The Morgan fingerprint density at radius 3 is 1.69 bits per heavy atom. The Kier molecular flexibility index (Phi) is 13.6. The Bertz CT molecular complexity index is 1970. The molecule has 52 heavy (non-hydrogen) atoms. The summed E-state index contributed by atoms with van der Waals surface area (Å²) in [6.07, 6.45) is 2.48. The Hall–Kier alpha value is -6.55. The number of aryl methyl sites for hydroxylation is 1. The third kappa shape index (κ3) is 9.57. The van der Waals surface area contributed by atoms with E-state index in [1.54, 1.807) is 12.1 Å². The monoisotopic (exact) mass is 700 g/mol. The number of carbonyl (C=O) groups is 4. The molecule has 0 fully saturated rings. The Balaban J connectivity index is 0.000000220. The zero-order valence-electron chi connectivity index (χ0n) is 28.7. The van der Waals surface area contributed by atoms with Crippen molar-refractivity contribution in [2.24, 2.45) is 18.5 Å². The molecule has 10 heteroatoms. The second-order valence-corrected chi connectivity index (χ2v) is 11.9. The number of para-hydroxylation sites is 1. The second kappa shape index (κ2) is 18.4. The van der Waals surface area contributed by atoms with Gasteiger partial charge in [-0.05, 0) is 52.4 Å². The molecule has 266 valence electrons. The molecule has 1 atom stereocenters. The molecular formula is C42H41FN4O5. The highest BCUT2D eigenvalue weighted by Gasteiger charge is 2.37. The second-order valence-electron chi connectivity index (χ2n) is 11.9. The lowest BCUT2D eigenvalue weighted by molar-refractivity contribution is -0.139. The number of carboxylic acid groups (broad SMARTS) is 1. The number of halogens is 1. The zero-order chi connectivity index (χ0) is 37.5. The van der Waals surface area contributed by atoms with Crippen molar-refractivity contribution in [2.75, 3.05) is 0 Å². The molecule has 1 heterocycles. The van der Waals surface area contributed by atoms with Crippen LogP contribution < -0.4 is 16.8 Å². The highest BCUT2D eigenvalue weighted by atomic mass is 19.1. The smallest absolute Gasteiger partial charge is 0.303 e. The van der Waals surface area contributed by atoms with E-state index in [2.05, 4.69) is 11.1 Å². The standard InChI is InChI=1S/C23H21NO3.C18H17FN2O.CH3NO/c25-21(16-17-22(26)27)24-23(18-10-4-1-5-11-18,19-12-6-2-7-13-19)20-14-8-3-9-15-20;1-21-11-13(15-4-2-3-5-17(15)21)10-16(18(20)22)12-6-8-14(19)9-7-12;2-1-3/h1-15H,16-17H2,(H,24,25)(H,26,27);2-9,11,16H,10H2,1H3,(H2,20,22);1H,(H2,2,3). The first-order chi connectivity index (χ1) is 25.1. The molecule has 5 aromatic carbocycles. The van der Waals surface area contributed by atoms with Crippen molar-refractivity contribution in [3.05, 3.63) is 179 Å². The van der Waals surface area contributed by atoms with Gasteiger partial charge in [0.05, 0.1) is 12.3 Å². The van der Waals surface area contributed by atoms with Gasteiger partial charge in [0.25, 0.3) is 0 Å². The Morgan fingerprint density at radius 2 is 1.23 bits per heavy atom. The molecule has 3 amide bonds. The first kappa shape index (κ1) is 38.3. The van der Waals surface area contributed by atoms with Crippen molar-refractivity contribution >= 4 is 35.1 Å². The minimum absolute atomic E-state index is 0.0798. The summed E-state index contributed by atoms with van der Waals surface area (Å²) in [5.41, 5.74) is 14.5. The van der Waals surface area contributed by atoms with Crippen LogP contribution in [0.4, 0.5) is 4.39 Å². The molecule has 9 nitrogen and oxygen atoms in total. The number of fused-ring (bicyclic) bond motifs is 1. The predicted octanol–water partition coefficient (Wildman–Crippen LogP) is 6.19. The number of carboxylic acids is 1. The van der Waals surface area contributed by atoms with Gasteiger partial charge in [0, 0.05) is 30.6 Å². The highest BCUT2D eigenvalue weighted by Crippen LogP contribution is 2.37. The van der Waals surface area contributed by atoms with Gasteiger partial charge in [-0.3, -0.25) is 19.2 Å². The molecule has 6 aromatic rings. The summed E-state index contributed by atoms with van der Waals surface area (Å²) in [5, 5.41) is 13.2. The van der Waals surface area contributed by atoms with E-state index in [-0.39, 0.29) is 31.0 Å². The number of amides is 3. The molecule has 6 N–H and O–H groups in total. The van der Waals surface area contributed by atoms with Crippen LogP contribution in [0.5, 0.6) is 0 Å². The number of hydrogen-bond donors (Lipinski definition) is 4. The minimum Gasteiger partial charge on any atom is -0.481 e. The molecule has 6 rings (SSSR count). The largest absolute Gasteiger partial charge is 0.481 e. The number of nitrogens with one attached hydrogen (secondary N) is 1. The van der Waals surface area contributed by atoms with Crippen molar-refractivity contribution < 1.29 is 28.7 Å². The molecule has 0 saturated carbocycles. The van der Waals surface area contributed by atoms with Crippen LogP contribution in [0, 0.1) is 5.82 Å². The number of rotatable bonds is 11. The summed E-state index contributed by atoms with van der Waals surface area (Å²) in [7, 11) is 1.98. The third-order valence-electron chi connectivity index (χ3n) is 8.53. The lowest BCUT2D eigenvalue weighted by Gasteiger charge is -2.37. The van der Waals surface area contributed by atoms with Crippen molar-refractivity contribution in [1.82, 2.24) is 9.88 Å². The van der Waals surface area contributed by atoms with Crippen LogP contribution in [-0.2, 0) is 38.2 Å². The van der Waals surface area contributed by atoms with Crippen LogP contribution in [-0.4, -0.2) is 33.9 Å². The fraction of sp³-hybridized carbons (Fsp3) is 0.143. The number of nitrogens with zero attached hydrogens (tertiary/aromatic N) is 1. The van der Waals surface area contributed by atoms with Crippen molar-refractivity contribution in [3.8, 4) is 0 Å². The number of aliphatic carboxylic acids is 1. The van der Waals surface area contributed by atoms with E-state index in [4.69, 9.17) is 15.6 Å². The van der Waals surface area contributed by atoms with E-state index in [1.807, 2.05) is 133 Å². The summed E-state index contributed by atoms with van der Waals surface area (Å²) < 4.78 is 15.1. The van der Waals surface area contributed by atoms with Gasteiger partial charge < -0.3 is 26.5 Å². The lowest BCUT2D eigenvalue weighted by Crippen LogP contribution is -2.47. The van der Waals surface area contributed by atoms with E-state index >= 15 is 0 Å². The van der Waals surface area contributed by atoms with Gasteiger partial charge in [-0.1, -0.05) is 121 Å². The van der Waals surface area contributed by atoms with E-state index in [0.717, 1.165) is 38.7 Å². The minimum atomic E-state index is -0.991. The van der Waals surface area contributed by atoms with Gasteiger partial charge in [0.1, 0.15) is 11.4 Å². The molecule has 1 aromatic heterocycles. The van der Waals surface area contributed by atoms with Crippen molar-refractivity contribution in [3.63, 3.8) is 0 Å². The van der Waals surface area contributed by atoms with Gasteiger partial charge in [-0.15, -0.1) is 0 Å². The SMILES string of the molecule is Cn1cc(CC(C(N)=O)c2ccc(F)cc2)c2ccccc21.NC=O.O=C(O)CCC(=O)NC(c1ccccc1)(c1ccccc1)c1ccccc1. The molecule has 0 aliphatic rings. The molecule has 0 aliphatic heterocycles. The van der Waals surface area contributed by atoms with Crippen LogP contribution in [0.1, 0.15) is 46.6 Å². The predicted molar refractivity (Wildman–Crippen MR) is 199 cm³/mol. The summed E-state index contributed by atoms with van der Waals surface area (Å²) in [4.78, 5) is 44.0. The molecule has 0 bridgehead atoms. The Labute approximate surface area is 301 Å². The van der Waals surface area contributed by atoms with Crippen LogP contribution >= 0.6 is 0 Å². The summed E-state index contributed by atoms with van der Waals surface area (Å²) >= 11 is 0. The normalized spacial score (nSPS) is 11.2. The molecule has 1 unspecified atom stereocenters. The fourth-order valence-electron chi connectivity index (χ4n) is 6.16. The average Bonchev–Trinajstić information content (AvgIpc) is 3.48. The highest BCUT2D eigenvalue weighted by molar-refractivity contribution is 5.87. The molecule has 0 saturated heterocycles. The first-order valence-electron chi connectivity index (χ1n) is 16.5. The number of nitrogens with two attached hydrogens (primary N) is 2. The van der Waals surface area contributed by atoms with E-state index in [9.17, 15) is 18.8 Å². The zero-order valence-corrected chi connectivity index (χ0v) is 28.7. The fourth-order valence-corrected chi connectivity index (χ4v) is 6.16. The Morgan fingerprint density at radius 1 is 0.769 bits per heavy atom. The van der Waals surface area contributed by atoms with E-state index in [0.29, 0.717) is 6.42 Å². The average molecular weight is 701 g/mol. The number of carbonyl (C=O) groups excluding carboxylic acids is 3. The van der Waals surface area contributed by atoms with Gasteiger partial charge in [0.2, 0.25) is 18.2 Å². The molecular weight excluding hydrogens is 659 g/mol. The van der Waals surface area contributed by atoms with E-state index < -0.39 is 23.3 Å². The van der Waals surface area contributed by atoms with Crippen LogP contribution in [0.25, 0.3) is 10.9 Å². The quantitative estimate of drug-likeness (QED) is 0.0937. The van der Waals surface area contributed by atoms with Gasteiger partial charge in [-0.2, -0.15) is 0 Å². The molecule has 0 spiro atoms. The lowest BCUT2D eigenvalue weighted by atomic mass is 9.77. The van der Waals surface area contributed by atoms with Gasteiger partial charge in [0.15, 0.2) is 0 Å². The third-order valence-corrected chi connectivity index (χ3v) is 8.53. The molecule has 0 aliphatic carbocycles.